The third-order valence-corrected chi connectivity index (χ3v) is 5.51. The second-order valence-electron chi connectivity index (χ2n) is 7.83. The van der Waals surface area contributed by atoms with Crippen LogP contribution in [0, 0.1) is 12.7 Å². The van der Waals surface area contributed by atoms with Crippen molar-refractivity contribution in [1.29, 1.82) is 0 Å². The third kappa shape index (κ3) is 3.90. The van der Waals surface area contributed by atoms with Gasteiger partial charge < -0.3 is 9.32 Å². The van der Waals surface area contributed by atoms with Gasteiger partial charge in [0.25, 0.3) is 5.56 Å². The molecule has 3 aromatic rings. The first-order valence-electron chi connectivity index (χ1n) is 9.90. The number of hydrogen-bond donors (Lipinski definition) is 0. The number of halogens is 1. The summed E-state index contributed by atoms with van der Waals surface area (Å²) in [4.78, 5) is 31.2. The summed E-state index contributed by atoms with van der Waals surface area (Å²) in [6.07, 6.45) is 3.55. The summed E-state index contributed by atoms with van der Waals surface area (Å²) in [5, 5.41) is 4.15. The molecule has 0 N–H and O–H groups in total. The number of amides is 1. The molecule has 0 unspecified atom stereocenters. The maximum atomic E-state index is 13.4. The molecule has 4 rings (SSSR count). The van der Waals surface area contributed by atoms with Gasteiger partial charge in [0.05, 0.1) is 11.9 Å². The Morgan fingerprint density at radius 3 is 2.93 bits per heavy atom. The molecule has 1 amide bonds. The number of benzene rings is 1. The summed E-state index contributed by atoms with van der Waals surface area (Å²) in [6.45, 7) is 4.11. The van der Waals surface area contributed by atoms with Crippen LogP contribution in [0.3, 0.4) is 0 Å². The molecule has 0 bridgehead atoms. The second-order valence-corrected chi connectivity index (χ2v) is 7.83. The maximum Gasteiger partial charge on any atom is 0.267 e. The summed E-state index contributed by atoms with van der Waals surface area (Å²) in [6, 6.07) is 9.36. The largest absolute Gasteiger partial charge is 0.443 e. The van der Waals surface area contributed by atoms with Crippen molar-refractivity contribution in [2.24, 2.45) is 0 Å². The van der Waals surface area contributed by atoms with Gasteiger partial charge in [0, 0.05) is 19.0 Å². The minimum atomic E-state index is -0.704. The molecule has 1 aliphatic rings. The number of likely N-dealkylation sites (tertiary alicyclic amines) is 1. The third-order valence-electron chi connectivity index (χ3n) is 5.51. The number of rotatable bonds is 5. The van der Waals surface area contributed by atoms with Gasteiger partial charge >= 0.3 is 0 Å². The average molecular weight is 410 g/mol. The van der Waals surface area contributed by atoms with Crippen LogP contribution in [-0.2, 0) is 23.3 Å². The molecule has 0 saturated carbocycles. The Bertz CT molecular complexity index is 1140. The molecule has 1 fully saturated rings. The van der Waals surface area contributed by atoms with Crippen LogP contribution in [-0.4, -0.2) is 32.1 Å². The van der Waals surface area contributed by atoms with E-state index in [1.54, 1.807) is 30.2 Å². The van der Waals surface area contributed by atoms with E-state index in [-0.39, 0.29) is 23.8 Å². The van der Waals surface area contributed by atoms with Crippen molar-refractivity contribution < 1.29 is 13.6 Å². The van der Waals surface area contributed by atoms with Crippen molar-refractivity contribution in [3.63, 3.8) is 0 Å². The molecule has 7 nitrogen and oxygen atoms in total. The Morgan fingerprint density at radius 1 is 1.30 bits per heavy atom. The molecular weight excluding hydrogens is 387 g/mol. The van der Waals surface area contributed by atoms with Gasteiger partial charge in [0.2, 0.25) is 11.8 Å². The van der Waals surface area contributed by atoms with E-state index in [4.69, 9.17) is 4.42 Å². The first-order valence-corrected chi connectivity index (χ1v) is 9.90. The van der Waals surface area contributed by atoms with Crippen LogP contribution in [0.1, 0.15) is 42.7 Å². The van der Waals surface area contributed by atoms with Crippen LogP contribution in [0.2, 0.25) is 0 Å². The zero-order valence-corrected chi connectivity index (χ0v) is 17.0. The predicted molar refractivity (Wildman–Crippen MR) is 107 cm³/mol. The van der Waals surface area contributed by atoms with Gasteiger partial charge in [-0.3, -0.25) is 9.59 Å². The van der Waals surface area contributed by atoms with E-state index in [0.717, 1.165) is 12.0 Å². The van der Waals surface area contributed by atoms with E-state index >= 15 is 0 Å². The highest BCUT2D eigenvalue weighted by Gasteiger charge is 2.44. The Hall–Kier alpha value is -3.29. The van der Waals surface area contributed by atoms with Crippen LogP contribution in [0.4, 0.5) is 4.39 Å². The van der Waals surface area contributed by atoms with Gasteiger partial charge in [0.15, 0.2) is 0 Å². The van der Waals surface area contributed by atoms with Crippen molar-refractivity contribution >= 4 is 5.91 Å². The number of aryl methyl sites for hydroxylation is 1. The Kier molecular flexibility index (Phi) is 5.24. The minimum Gasteiger partial charge on any atom is -0.443 e. The highest BCUT2D eigenvalue weighted by molar-refractivity contribution is 5.77. The molecule has 2 aromatic heterocycles. The lowest BCUT2D eigenvalue weighted by molar-refractivity contribution is -0.136. The quantitative estimate of drug-likeness (QED) is 0.646. The van der Waals surface area contributed by atoms with Crippen LogP contribution in [0.15, 0.2) is 51.8 Å². The summed E-state index contributed by atoms with van der Waals surface area (Å²) in [5.41, 5.74) is 0.432. The predicted octanol–water partition coefficient (Wildman–Crippen LogP) is 2.81. The van der Waals surface area contributed by atoms with Crippen molar-refractivity contribution in [1.82, 2.24) is 19.7 Å². The number of carbonyl (C=O) groups excluding carboxylic acids is 1. The smallest absolute Gasteiger partial charge is 0.267 e. The van der Waals surface area contributed by atoms with Gasteiger partial charge in [0.1, 0.15) is 23.7 Å². The fourth-order valence-corrected chi connectivity index (χ4v) is 3.95. The molecule has 1 atom stereocenters. The van der Waals surface area contributed by atoms with Crippen molar-refractivity contribution in [3.8, 4) is 0 Å². The first kappa shape index (κ1) is 20.0. The molecule has 3 heterocycles. The van der Waals surface area contributed by atoms with E-state index < -0.39 is 5.54 Å². The van der Waals surface area contributed by atoms with Crippen molar-refractivity contribution in [2.75, 3.05) is 6.54 Å². The van der Waals surface area contributed by atoms with Crippen LogP contribution < -0.4 is 5.56 Å². The van der Waals surface area contributed by atoms with Crippen LogP contribution >= 0.6 is 0 Å². The number of aromatic nitrogens is 3. The Labute approximate surface area is 173 Å². The van der Waals surface area contributed by atoms with E-state index in [9.17, 15) is 14.0 Å². The van der Waals surface area contributed by atoms with Gasteiger partial charge in [-0.15, -0.1) is 0 Å². The number of oxazole rings is 1. The SMILES string of the molecule is Cc1ccc(=O)n(CC(=O)N2CCC[C@@]2(C)c2ncc(Cc3cccc(F)c3)o2)n1. The van der Waals surface area contributed by atoms with E-state index in [0.29, 0.717) is 36.7 Å². The monoisotopic (exact) mass is 410 g/mol. The summed E-state index contributed by atoms with van der Waals surface area (Å²) < 4.78 is 20.6. The van der Waals surface area contributed by atoms with Crippen LogP contribution in [0.25, 0.3) is 0 Å². The lowest BCUT2D eigenvalue weighted by atomic mass is 9.99. The molecule has 1 saturated heterocycles. The molecule has 0 radical (unpaired) electrons. The van der Waals surface area contributed by atoms with E-state index in [2.05, 4.69) is 10.1 Å². The number of carbonyl (C=O) groups is 1. The van der Waals surface area contributed by atoms with E-state index in [1.807, 2.05) is 13.0 Å². The van der Waals surface area contributed by atoms with Gasteiger partial charge in [-0.25, -0.2) is 14.1 Å². The average Bonchev–Trinajstić information content (AvgIpc) is 3.32. The first-order chi connectivity index (χ1) is 14.3. The molecule has 0 aliphatic carbocycles. The molecule has 30 heavy (non-hydrogen) atoms. The lowest BCUT2D eigenvalue weighted by Crippen LogP contribution is -2.45. The molecule has 1 aromatic carbocycles. The Balaban J connectivity index is 1.54. The Morgan fingerprint density at radius 2 is 2.13 bits per heavy atom. The molecular formula is C22H23FN4O3. The summed E-state index contributed by atoms with van der Waals surface area (Å²) in [7, 11) is 0. The molecule has 156 valence electrons. The zero-order chi connectivity index (χ0) is 21.3. The standard InChI is InChI=1S/C22H23FN4O3/c1-15-7-8-19(28)27(25-15)14-20(29)26-10-4-9-22(26,2)21-24-13-18(30-21)12-16-5-3-6-17(23)11-16/h3,5-8,11,13H,4,9-10,12,14H2,1-2H3/t22-/m0/s1. The number of nitrogens with zero attached hydrogens (tertiary/aromatic N) is 4. The normalized spacial score (nSPS) is 18.7. The number of hydrogen-bond acceptors (Lipinski definition) is 5. The lowest BCUT2D eigenvalue weighted by Gasteiger charge is -2.32. The fourth-order valence-electron chi connectivity index (χ4n) is 3.95. The summed E-state index contributed by atoms with van der Waals surface area (Å²) in [5.74, 6) is 0.545. The topological polar surface area (TPSA) is 81.2 Å². The molecule has 0 spiro atoms. The minimum absolute atomic E-state index is 0.132. The van der Waals surface area contributed by atoms with E-state index in [1.165, 1.54) is 22.9 Å². The summed E-state index contributed by atoms with van der Waals surface area (Å²) >= 11 is 0. The van der Waals surface area contributed by atoms with Gasteiger partial charge in [-0.05, 0) is 50.5 Å². The van der Waals surface area contributed by atoms with Crippen molar-refractivity contribution in [2.45, 2.75) is 45.2 Å². The van der Waals surface area contributed by atoms with Crippen LogP contribution in [0.5, 0.6) is 0 Å². The highest BCUT2D eigenvalue weighted by Crippen LogP contribution is 2.38. The second kappa shape index (κ2) is 7.85. The molecule has 8 heteroatoms. The maximum absolute atomic E-state index is 13.4. The fraction of sp³-hybridized carbons (Fsp3) is 0.364. The van der Waals surface area contributed by atoms with Crippen molar-refractivity contribution in [3.05, 3.63) is 81.7 Å². The van der Waals surface area contributed by atoms with Gasteiger partial charge in [-0.2, -0.15) is 5.10 Å². The molecule has 1 aliphatic heterocycles. The van der Waals surface area contributed by atoms with Gasteiger partial charge in [-0.1, -0.05) is 12.1 Å². The zero-order valence-electron chi connectivity index (χ0n) is 17.0. The highest BCUT2D eigenvalue weighted by atomic mass is 19.1.